The standard InChI is InChI=1S/C15H14N4O2/c20-19(21)15-11-17(13-7-3-1-4-8-13)12-18(16-15)14-9-5-2-6-10-14/h1-10H,11-12H2. The van der Waals surface area contributed by atoms with Crippen molar-refractivity contribution in [3.63, 3.8) is 0 Å². The second-order valence-electron chi connectivity index (χ2n) is 4.68. The van der Waals surface area contributed by atoms with E-state index in [-0.39, 0.29) is 12.4 Å². The van der Waals surface area contributed by atoms with Crippen LogP contribution in [0, 0.1) is 10.1 Å². The number of para-hydroxylation sites is 2. The van der Waals surface area contributed by atoms with Crippen LogP contribution in [0.4, 0.5) is 11.4 Å². The monoisotopic (exact) mass is 282 g/mol. The molecule has 0 radical (unpaired) electrons. The first kappa shape index (κ1) is 13.1. The molecular weight excluding hydrogens is 268 g/mol. The van der Waals surface area contributed by atoms with Gasteiger partial charge in [-0.1, -0.05) is 36.4 Å². The fourth-order valence-electron chi connectivity index (χ4n) is 2.23. The molecule has 6 heteroatoms. The molecule has 0 fully saturated rings. The van der Waals surface area contributed by atoms with Gasteiger partial charge < -0.3 is 15.0 Å². The van der Waals surface area contributed by atoms with Crippen molar-refractivity contribution in [1.29, 1.82) is 0 Å². The molecule has 106 valence electrons. The SMILES string of the molecule is O=[N+]([O-])C1=NN(c2ccccc2)CN(c2ccccc2)C1. The molecule has 0 saturated heterocycles. The molecule has 2 aromatic rings. The molecule has 0 N–H and O–H groups in total. The lowest BCUT2D eigenvalue weighted by molar-refractivity contribution is -0.352. The molecule has 6 nitrogen and oxygen atoms in total. The average Bonchev–Trinajstić information content (AvgIpc) is 2.56. The van der Waals surface area contributed by atoms with Crippen LogP contribution < -0.4 is 9.91 Å². The van der Waals surface area contributed by atoms with Crippen LogP contribution in [0.25, 0.3) is 0 Å². The third-order valence-corrected chi connectivity index (χ3v) is 3.26. The zero-order chi connectivity index (χ0) is 14.7. The minimum absolute atomic E-state index is 0.0612. The van der Waals surface area contributed by atoms with Crippen molar-refractivity contribution in [1.82, 2.24) is 0 Å². The second kappa shape index (κ2) is 5.62. The molecule has 0 bridgehead atoms. The molecule has 1 aliphatic heterocycles. The maximum atomic E-state index is 11.1. The van der Waals surface area contributed by atoms with Crippen LogP contribution >= 0.6 is 0 Å². The summed E-state index contributed by atoms with van der Waals surface area (Å²) in [6.45, 7) is 0.672. The van der Waals surface area contributed by atoms with E-state index in [1.54, 1.807) is 5.01 Å². The van der Waals surface area contributed by atoms with Crippen LogP contribution in [0.5, 0.6) is 0 Å². The summed E-state index contributed by atoms with van der Waals surface area (Å²) in [5.41, 5.74) is 1.77. The number of anilines is 2. The lowest BCUT2D eigenvalue weighted by Gasteiger charge is -2.29. The average molecular weight is 282 g/mol. The Kier molecular flexibility index (Phi) is 3.51. The van der Waals surface area contributed by atoms with E-state index in [1.807, 2.05) is 65.6 Å². The Morgan fingerprint density at radius 1 is 0.952 bits per heavy atom. The van der Waals surface area contributed by atoms with Crippen LogP contribution in [-0.2, 0) is 0 Å². The summed E-state index contributed by atoms with van der Waals surface area (Å²) in [5.74, 6) is -0.0612. The Balaban J connectivity index is 1.94. The first-order valence-corrected chi connectivity index (χ1v) is 6.58. The van der Waals surface area contributed by atoms with Crippen molar-refractivity contribution in [2.75, 3.05) is 23.1 Å². The third kappa shape index (κ3) is 2.84. The van der Waals surface area contributed by atoms with Crippen LogP contribution in [0.1, 0.15) is 0 Å². The maximum absolute atomic E-state index is 11.1. The van der Waals surface area contributed by atoms with Crippen LogP contribution in [0.3, 0.4) is 0 Å². The topological polar surface area (TPSA) is 62.0 Å². The normalized spacial score (nSPS) is 14.8. The van der Waals surface area contributed by atoms with Crippen molar-refractivity contribution in [2.24, 2.45) is 5.10 Å². The summed E-state index contributed by atoms with van der Waals surface area (Å²) >= 11 is 0. The van der Waals surface area contributed by atoms with E-state index in [9.17, 15) is 10.1 Å². The Bertz CT molecular complexity index is 658. The summed E-state index contributed by atoms with van der Waals surface area (Å²) in [4.78, 5) is 12.6. The largest absolute Gasteiger partial charge is 0.383 e. The van der Waals surface area contributed by atoms with E-state index >= 15 is 0 Å². The third-order valence-electron chi connectivity index (χ3n) is 3.26. The minimum atomic E-state index is -0.426. The quantitative estimate of drug-likeness (QED) is 0.627. The zero-order valence-corrected chi connectivity index (χ0v) is 11.3. The number of hydrogen-bond donors (Lipinski definition) is 0. The highest BCUT2D eigenvalue weighted by Gasteiger charge is 2.29. The molecule has 0 spiro atoms. The number of nitro groups is 1. The van der Waals surface area contributed by atoms with Crippen molar-refractivity contribution in [3.8, 4) is 0 Å². The van der Waals surface area contributed by atoms with Crippen molar-refractivity contribution < 1.29 is 4.92 Å². The van der Waals surface area contributed by atoms with Gasteiger partial charge in [-0.3, -0.25) is 0 Å². The zero-order valence-electron chi connectivity index (χ0n) is 11.3. The van der Waals surface area contributed by atoms with Gasteiger partial charge in [-0.25, -0.2) is 0 Å². The van der Waals surface area contributed by atoms with E-state index in [0.29, 0.717) is 6.67 Å². The number of nitrogens with zero attached hydrogens (tertiary/aromatic N) is 4. The molecule has 0 saturated carbocycles. The van der Waals surface area contributed by atoms with Gasteiger partial charge in [-0.15, -0.1) is 0 Å². The Morgan fingerprint density at radius 3 is 2.10 bits per heavy atom. The molecule has 2 aromatic carbocycles. The molecule has 0 aliphatic carbocycles. The predicted octanol–water partition coefficient (Wildman–Crippen LogP) is 2.56. The van der Waals surface area contributed by atoms with Gasteiger partial charge in [0.2, 0.25) is 0 Å². The lowest BCUT2D eigenvalue weighted by atomic mass is 10.2. The van der Waals surface area contributed by atoms with E-state index in [1.165, 1.54) is 0 Å². The van der Waals surface area contributed by atoms with Gasteiger partial charge >= 0.3 is 5.84 Å². The fraction of sp³-hybridized carbons (Fsp3) is 0.133. The Labute approximate surface area is 122 Å². The molecule has 1 aliphatic rings. The number of hydrazone groups is 1. The van der Waals surface area contributed by atoms with Gasteiger partial charge in [0, 0.05) is 5.69 Å². The number of amidine groups is 1. The Hall–Kier alpha value is -2.89. The van der Waals surface area contributed by atoms with E-state index < -0.39 is 4.92 Å². The van der Waals surface area contributed by atoms with Crippen molar-refractivity contribution in [2.45, 2.75) is 0 Å². The van der Waals surface area contributed by atoms with Crippen LogP contribution in [0.15, 0.2) is 65.8 Å². The molecule has 21 heavy (non-hydrogen) atoms. The molecule has 3 rings (SSSR count). The van der Waals surface area contributed by atoms with E-state index in [2.05, 4.69) is 5.10 Å². The molecule has 0 unspecified atom stereocenters. The van der Waals surface area contributed by atoms with Gasteiger partial charge in [0.15, 0.2) is 0 Å². The summed E-state index contributed by atoms with van der Waals surface area (Å²) < 4.78 is 0. The van der Waals surface area contributed by atoms with E-state index in [0.717, 1.165) is 11.4 Å². The summed E-state index contributed by atoms with van der Waals surface area (Å²) in [7, 11) is 0. The molecular formula is C15H14N4O2. The highest BCUT2D eigenvalue weighted by atomic mass is 16.6. The second-order valence-corrected chi connectivity index (χ2v) is 4.68. The van der Waals surface area contributed by atoms with E-state index in [4.69, 9.17) is 0 Å². The lowest BCUT2D eigenvalue weighted by Crippen LogP contribution is -2.46. The summed E-state index contributed by atoms with van der Waals surface area (Å²) in [6.07, 6.45) is 0. The Morgan fingerprint density at radius 2 is 1.52 bits per heavy atom. The summed E-state index contributed by atoms with van der Waals surface area (Å²) in [6, 6.07) is 19.1. The predicted molar refractivity (Wildman–Crippen MR) is 82.0 cm³/mol. The molecule has 1 heterocycles. The van der Waals surface area contributed by atoms with Gasteiger partial charge in [-0.2, -0.15) is 5.01 Å². The molecule has 0 aromatic heterocycles. The first-order valence-electron chi connectivity index (χ1n) is 6.58. The van der Waals surface area contributed by atoms with Gasteiger partial charge in [0.25, 0.3) is 0 Å². The van der Waals surface area contributed by atoms with Crippen LogP contribution in [-0.4, -0.2) is 24.0 Å². The van der Waals surface area contributed by atoms with Crippen LogP contribution in [0.2, 0.25) is 0 Å². The van der Waals surface area contributed by atoms with Gasteiger partial charge in [0.05, 0.1) is 10.8 Å². The summed E-state index contributed by atoms with van der Waals surface area (Å²) in [5, 5.41) is 16.9. The highest BCUT2D eigenvalue weighted by Crippen LogP contribution is 2.21. The number of hydrogen-bond acceptors (Lipinski definition) is 5. The number of rotatable bonds is 2. The highest BCUT2D eigenvalue weighted by molar-refractivity contribution is 5.82. The van der Waals surface area contributed by atoms with Crippen molar-refractivity contribution in [3.05, 3.63) is 70.8 Å². The molecule has 0 atom stereocenters. The smallest absolute Gasteiger partial charge is 0.358 e. The van der Waals surface area contributed by atoms with Gasteiger partial charge in [-0.05, 0) is 29.2 Å². The number of benzene rings is 2. The maximum Gasteiger partial charge on any atom is 0.383 e. The minimum Gasteiger partial charge on any atom is -0.358 e. The van der Waals surface area contributed by atoms with Crippen molar-refractivity contribution >= 4 is 17.2 Å². The fourth-order valence-corrected chi connectivity index (χ4v) is 2.23. The first-order chi connectivity index (χ1) is 10.2. The molecule has 0 amide bonds. The van der Waals surface area contributed by atoms with Gasteiger partial charge in [0.1, 0.15) is 13.2 Å².